The van der Waals surface area contributed by atoms with Crippen molar-refractivity contribution in [2.45, 2.75) is 33.4 Å². The second-order valence-corrected chi connectivity index (χ2v) is 5.30. The van der Waals surface area contributed by atoms with Crippen LogP contribution in [0.2, 0.25) is 0 Å². The number of hydrogen-bond donors (Lipinski definition) is 2. The first-order valence-electron chi connectivity index (χ1n) is 8.40. The number of aryl methyl sites for hydroxylation is 1. The van der Waals surface area contributed by atoms with Crippen LogP contribution in [0.15, 0.2) is 45.9 Å². The summed E-state index contributed by atoms with van der Waals surface area (Å²) in [6, 6.07) is 12.1. The van der Waals surface area contributed by atoms with Gasteiger partial charge in [0, 0.05) is 19.2 Å². The van der Waals surface area contributed by atoms with Gasteiger partial charge in [0.15, 0.2) is 11.7 Å². The molecule has 2 N–H and O–H groups in total. The van der Waals surface area contributed by atoms with Crippen LogP contribution in [0, 0.1) is 0 Å². The molecule has 24 heavy (non-hydrogen) atoms. The van der Waals surface area contributed by atoms with Crippen LogP contribution in [0.5, 0.6) is 0 Å². The first-order valence-corrected chi connectivity index (χ1v) is 8.40. The molecule has 2 aromatic rings. The first kappa shape index (κ1) is 18.0. The number of benzene rings is 1. The molecule has 0 fully saturated rings. The van der Waals surface area contributed by atoms with Crippen molar-refractivity contribution in [1.29, 1.82) is 0 Å². The highest BCUT2D eigenvalue weighted by atomic mass is 16.5. The van der Waals surface area contributed by atoms with E-state index in [4.69, 9.17) is 9.26 Å². The number of hydrogen-bond acceptors (Lipinski definition) is 4. The van der Waals surface area contributed by atoms with Gasteiger partial charge >= 0.3 is 0 Å². The zero-order chi connectivity index (χ0) is 17.0. The number of guanidine groups is 1. The fraction of sp³-hybridized carbons (Fsp3) is 0.444. The summed E-state index contributed by atoms with van der Waals surface area (Å²) in [6.07, 6.45) is 0.865. The molecule has 1 heterocycles. The molecule has 0 amide bonds. The zero-order valence-corrected chi connectivity index (χ0v) is 14.4. The normalized spacial score (nSPS) is 11.5. The smallest absolute Gasteiger partial charge is 0.191 e. The molecule has 1 aromatic heterocycles. The minimum Gasteiger partial charge on any atom is -0.375 e. The monoisotopic (exact) mass is 330 g/mol. The molecule has 0 unspecified atom stereocenters. The van der Waals surface area contributed by atoms with Crippen molar-refractivity contribution in [2.75, 3.05) is 19.7 Å². The Morgan fingerprint density at radius 2 is 2.04 bits per heavy atom. The molecule has 6 nitrogen and oxygen atoms in total. The van der Waals surface area contributed by atoms with Crippen molar-refractivity contribution in [3.63, 3.8) is 0 Å². The summed E-state index contributed by atoms with van der Waals surface area (Å²) < 4.78 is 10.9. The molecule has 6 heteroatoms. The third-order valence-corrected chi connectivity index (χ3v) is 3.36. The number of rotatable bonds is 9. The predicted molar refractivity (Wildman–Crippen MR) is 94.8 cm³/mol. The van der Waals surface area contributed by atoms with Gasteiger partial charge in [-0.05, 0) is 18.9 Å². The Morgan fingerprint density at radius 3 is 2.75 bits per heavy atom. The highest BCUT2D eigenvalue weighted by molar-refractivity contribution is 5.79. The highest BCUT2D eigenvalue weighted by Gasteiger charge is 2.03. The molecule has 0 radical (unpaired) electrons. The Labute approximate surface area is 143 Å². The van der Waals surface area contributed by atoms with Crippen LogP contribution in [0.25, 0.3) is 0 Å². The molecule has 0 bridgehead atoms. The van der Waals surface area contributed by atoms with Gasteiger partial charge in [0.25, 0.3) is 0 Å². The van der Waals surface area contributed by atoms with E-state index in [1.807, 2.05) is 38.1 Å². The average Bonchev–Trinajstić information content (AvgIpc) is 3.08. The topological polar surface area (TPSA) is 71.7 Å². The van der Waals surface area contributed by atoms with Crippen LogP contribution in [-0.4, -0.2) is 30.8 Å². The fourth-order valence-electron chi connectivity index (χ4n) is 2.10. The average molecular weight is 330 g/mol. The molecule has 0 aliphatic rings. The Balaban J connectivity index is 1.71. The minimum atomic E-state index is 0.465. The van der Waals surface area contributed by atoms with E-state index in [0.29, 0.717) is 26.3 Å². The lowest BCUT2D eigenvalue weighted by Gasteiger charge is -2.11. The summed E-state index contributed by atoms with van der Waals surface area (Å²) in [7, 11) is 0. The Kier molecular flexibility index (Phi) is 7.83. The van der Waals surface area contributed by atoms with Crippen molar-refractivity contribution in [2.24, 2.45) is 4.99 Å². The Hall–Kier alpha value is -2.34. The lowest BCUT2D eigenvalue weighted by Crippen LogP contribution is -2.38. The quantitative estimate of drug-likeness (QED) is 0.420. The zero-order valence-electron chi connectivity index (χ0n) is 14.4. The summed E-state index contributed by atoms with van der Waals surface area (Å²) >= 11 is 0. The molecule has 130 valence electrons. The van der Waals surface area contributed by atoms with Crippen LogP contribution in [0.3, 0.4) is 0 Å². The van der Waals surface area contributed by atoms with Gasteiger partial charge in [0.1, 0.15) is 6.54 Å². The standard InChI is InChI=1S/C18H26N4O2/c1-3-16-12-17(24-22-16)13-21-18(19-4-2)20-10-11-23-14-15-8-6-5-7-9-15/h5-9,12H,3-4,10-11,13-14H2,1-2H3,(H2,19,20,21). The van der Waals surface area contributed by atoms with E-state index in [1.165, 1.54) is 5.56 Å². The maximum atomic E-state index is 5.66. The van der Waals surface area contributed by atoms with E-state index in [9.17, 15) is 0 Å². The Bertz CT molecular complexity index is 610. The second kappa shape index (κ2) is 10.4. The van der Waals surface area contributed by atoms with Crippen molar-refractivity contribution in [3.8, 4) is 0 Å². The van der Waals surface area contributed by atoms with E-state index in [1.54, 1.807) is 0 Å². The number of nitrogens with one attached hydrogen (secondary N) is 2. The molecular weight excluding hydrogens is 304 g/mol. The van der Waals surface area contributed by atoms with Crippen LogP contribution >= 0.6 is 0 Å². The van der Waals surface area contributed by atoms with E-state index >= 15 is 0 Å². The van der Waals surface area contributed by atoms with Gasteiger partial charge in [-0.2, -0.15) is 0 Å². The van der Waals surface area contributed by atoms with Crippen LogP contribution in [-0.2, 0) is 24.3 Å². The summed E-state index contributed by atoms with van der Waals surface area (Å²) in [5.41, 5.74) is 2.13. The molecule has 0 saturated carbocycles. The van der Waals surface area contributed by atoms with Gasteiger partial charge in [0.05, 0.1) is 18.9 Å². The minimum absolute atomic E-state index is 0.465. The largest absolute Gasteiger partial charge is 0.375 e. The van der Waals surface area contributed by atoms with Gasteiger partial charge in [-0.3, -0.25) is 0 Å². The molecule has 0 spiro atoms. The summed E-state index contributed by atoms with van der Waals surface area (Å²) in [5.74, 6) is 1.51. The SMILES string of the molecule is CCNC(=NCc1cc(CC)no1)NCCOCc1ccccc1. The first-order chi connectivity index (χ1) is 11.8. The van der Waals surface area contributed by atoms with Crippen molar-refractivity contribution in [1.82, 2.24) is 15.8 Å². The van der Waals surface area contributed by atoms with E-state index in [-0.39, 0.29) is 0 Å². The maximum absolute atomic E-state index is 5.66. The van der Waals surface area contributed by atoms with Crippen molar-refractivity contribution in [3.05, 3.63) is 53.4 Å². The predicted octanol–water partition coefficient (Wildman–Crippen LogP) is 2.51. The highest BCUT2D eigenvalue weighted by Crippen LogP contribution is 2.05. The molecule has 0 atom stereocenters. The van der Waals surface area contributed by atoms with Crippen LogP contribution < -0.4 is 10.6 Å². The maximum Gasteiger partial charge on any atom is 0.191 e. The third-order valence-electron chi connectivity index (χ3n) is 3.36. The van der Waals surface area contributed by atoms with Gasteiger partial charge < -0.3 is 19.9 Å². The summed E-state index contributed by atoms with van der Waals surface area (Å²) in [4.78, 5) is 4.49. The van der Waals surface area contributed by atoms with Gasteiger partial charge in [0.2, 0.25) is 0 Å². The van der Waals surface area contributed by atoms with Crippen molar-refractivity contribution < 1.29 is 9.26 Å². The number of aromatic nitrogens is 1. The number of aliphatic imine (C=N–C) groups is 1. The lowest BCUT2D eigenvalue weighted by atomic mass is 10.2. The lowest BCUT2D eigenvalue weighted by molar-refractivity contribution is 0.125. The third kappa shape index (κ3) is 6.42. The number of nitrogens with zero attached hydrogens (tertiary/aromatic N) is 2. The number of ether oxygens (including phenoxy) is 1. The molecule has 0 aliphatic heterocycles. The van der Waals surface area contributed by atoms with Gasteiger partial charge in [-0.1, -0.05) is 42.4 Å². The fourth-order valence-corrected chi connectivity index (χ4v) is 2.10. The molecular formula is C18H26N4O2. The second-order valence-electron chi connectivity index (χ2n) is 5.30. The van der Waals surface area contributed by atoms with E-state index in [0.717, 1.165) is 30.4 Å². The molecule has 2 rings (SSSR count). The van der Waals surface area contributed by atoms with Crippen LogP contribution in [0.1, 0.15) is 30.9 Å². The van der Waals surface area contributed by atoms with Crippen LogP contribution in [0.4, 0.5) is 0 Å². The van der Waals surface area contributed by atoms with Crippen molar-refractivity contribution >= 4 is 5.96 Å². The van der Waals surface area contributed by atoms with E-state index < -0.39 is 0 Å². The summed E-state index contributed by atoms with van der Waals surface area (Å²) in [5, 5.41) is 10.4. The Morgan fingerprint density at radius 1 is 1.21 bits per heavy atom. The molecule has 0 aliphatic carbocycles. The van der Waals surface area contributed by atoms with Gasteiger partial charge in [-0.25, -0.2) is 4.99 Å². The van der Waals surface area contributed by atoms with Gasteiger partial charge in [-0.15, -0.1) is 0 Å². The summed E-state index contributed by atoms with van der Waals surface area (Å²) in [6.45, 7) is 7.27. The van der Waals surface area contributed by atoms with E-state index in [2.05, 4.69) is 32.9 Å². The molecule has 0 saturated heterocycles. The molecule has 1 aromatic carbocycles.